The fourth-order valence-electron chi connectivity index (χ4n) is 1.02. The molecule has 0 N–H and O–H groups in total. The summed E-state index contributed by atoms with van der Waals surface area (Å²) < 4.78 is 4.70. The summed E-state index contributed by atoms with van der Waals surface area (Å²) in [6, 6.07) is 0. The van der Waals surface area contributed by atoms with Crippen LogP contribution in [0, 0.1) is 0 Å². The molecule has 0 saturated carbocycles. The molecule has 1 aromatic heterocycles. The van der Waals surface area contributed by atoms with Crippen molar-refractivity contribution in [2.24, 2.45) is 0 Å². The van der Waals surface area contributed by atoms with Gasteiger partial charge in [-0.3, -0.25) is 14.6 Å². The van der Waals surface area contributed by atoms with Gasteiger partial charge in [0.05, 0.1) is 19.2 Å². The lowest BCUT2D eigenvalue weighted by atomic mass is 10.2. The summed E-state index contributed by atoms with van der Waals surface area (Å²) in [5, 5.41) is 0. The van der Waals surface area contributed by atoms with Crippen LogP contribution in [-0.4, -0.2) is 28.3 Å². The Hall–Kier alpha value is -1.78. The van der Waals surface area contributed by atoms with E-state index < -0.39 is 0 Å². The van der Waals surface area contributed by atoms with Gasteiger partial charge in [-0.25, -0.2) is 4.98 Å². The van der Waals surface area contributed by atoms with Gasteiger partial charge in [0.15, 0.2) is 5.78 Å². The SMILES string of the molecule is CCOC(=O)CCC(=O)c1cnccn1. The molecule has 0 atom stereocenters. The maximum Gasteiger partial charge on any atom is 0.306 e. The van der Waals surface area contributed by atoms with E-state index in [4.69, 9.17) is 4.74 Å². The summed E-state index contributed by atoms with van der Waals surface area (Å²) in [6.45, 7) is 2.06. The number of carbonyl (C=O) groups excluding carboxylic acids is 2. The molecule has 80 valence electrons. The summed E-state index contributed by atoms with van der Waals surface area (Å²) in [5.41, 5.74) is 0.279. The van der Waals surface area contributed by atoms with E-state index in [1.165, 1.54) is 18.6 Å². The van der Waals surface area contributed by atoms with Crippen molar-refractivity contribution in [1.29, 1.82) is 0 Å². The number of esters is 1. The Balaban J connectivity index is 2.40. The van der Waals surface area contributed by atoms with Gasteiger partial charge in [-0.2, -0.15) is 0 Å². The highest BCUT2D eigenvalue weighted by Crippen LogP contribution is 2.01. The third-order valence-electron chi connectivity index (χ3n) is 1.71. The van der Waals surface area contributed by atoms with Crippen LogP contribution in [-0.2, 0) is 9.53 Å². The van der Waals surface area contributed by atoms with Crippen molar-refractivity contribution in [3.8, 4) is 0 Å². The Kier molecular flexibility index (Phi) is 4.40. The standard InChI is InChI=1S/C10H12N2O3/c1-2-15-10(14)4-3-9(13)8-7-11-5-6-12-8/h5-7H,2-4H2,1H3. The molecule has 5 heteroatoms. The van der Waals surface area contributed by atoms with Crippen LogP contribution >= 0.6 is 0 Å². The maximum absolute atomic E-state index is 11.4. The zero-order valence-electron chi connectivity index (χ0n) is 8.47. The van der Waals surface area contributed by atoms with Crippen LogP contribution in [0.5, 0.6) is 0 Å². The molecule has 0 aliphatic carbocycles. The minimum absolute atomic E-state index is 0.0866. The van der Waals surface area contributed by atoms with Gasteiger partial charge in [-0.05, 0) is 6.92 Å². The number of hydrogen-bond acceptors (Lipinski definition) is 5. The molecule has 0 aliphatic heterocycles. The second-order valence-electron chi connectivity index (χ2n) is 2.82. The van der Waals surface area contributed by atoms with Crippen LogP contribution < -0.4 is 0 Å². The molecule has 1 rings (SSSR count). The van der Waals surface area contributed by atoms with Gasteiger partial charge in [-0.15, -0.1) is 0 Å². The lowest BCUT2D eigenvalue weighted by molar-refractivity contribution is -0.143. The molecule has 15 heavy (non-hydrogen) atoms. The van der Waals surface area contributed by atoms with E-state index >= 15 is 0 Å². The minimum Gasteiger partial charge on any atom is -0.466 e. The Bertz CT molecular complexity index is 338. The van der Waals surface area contributed by atoms with Crippen molar-refractivity contribution in [1.82, 2.24) is 9.97 Å². The van der Waals surface area contributed by atoms with Gasteiger partial charge in [0, 0.05) is 18.8 Å². The molecule has 0 spiro atoms. The molecular weight excluding hydrogens is 196 g/mol. The van der Waals surface area contributed by atoms with E-state index in [1.54, 1.807) is 6.92 Å². The first-order valence-electron chi connectivity index (χ1n) is 4.69. The predicted molar refractivity (Wildman–Crippen MR) is 52.2 cm³/mol. The fourth-order valence-corrected chi connectivity index (χ4v) is 1.02. The normalized spacial score (nSPS) is 9.67. The highest BCUT2D eigenvalue weighted by atomic mass is 16.5. The molecule has 0 bridgehead atoms. The highest BCUT2D eigenvalue weighted by Gasteiger charge is 2.10. The number of rotatable bonds is 5. The lowest BCUT2D eigenvalue weighted by Gasteiger charge is -2.00. The molecule has 0 aromatic carbocycles. The summed E-state index contributed by atoms with van der Waals surface area (Å²) in [6.07, 6.45) is 4.51. The molecule has 0 aliphatic rings. The minimum atomic E-state index is -0.366. The number of ketones is 1. The van der Waals surface area contributed by atoms with E-state index in [0.29, 0.717) is 6.61 Å². The Labute approximate surface area is 87.5 Å². The first-order valence-corrected chi connectivity index (χ1v) is 4.69. The van der Waals surface area contributed by atoms with Crippen LogP contribution in [0.2, 0.25) is 0 Å². The first-order chi connectivity index (χ1) is 7.24. The second-order valence-corrected chi connectivity index (χ2v) is 2.82. The van der Waals surface area contributed by atoms with Crippen LogP contribution in [0.25, 0.3) is 0 Å². The Morgan fingerprint density at radius 2 is 2.13 bits per heavy atom. The molecule has 1 heterocycles. The molecular formula is C10H12N2O3. The van der Waals surface area contributed by atoms with Crippen molar-refractivity contribution >= 4 is 11.8 Å². The quantitative estimate of drug-likeness (QED) is 0.533. The number of nitrogens with zero attached hydrogens (tertiary/aromatic N) is 2. The zero-order valence-corrected chi connectivity index (χ0v) is 8.47. The Morgan fingerprint density at radius 1 is 1.33 bits per heavy atom. The van der Waals surface area contributed by atoms with Crippen LogP contribution in [0.4, 0.5) is 0 Å². The maximum atomic E-state index is 11.4. The molecule has 1 aromatic rings. The summed E-state index contributed by atoms with van der Waals surface area (Å²) in [4.78, 5) is 30.0. The average Bonchev–Trinajstić information content (AvgIpc) is 2.27. The smallest absolute Gasteiger partial charge is 0.306 e. The number of ether oxygens (including phenoxy) is 1. The molecule has 0 amide bonds. The predicted octanol–water partition coefficient (Wildman–Crippen LogP) is 1.00. The molecule has 5 nitrogen and oxygen atoms in total. The van der Waals surface area contributed by atoms with E-state index in [9.17, 15) is 9.59 Å². The van der Waals surface area contributed by atoms with Gasteiger partial charge in [0.25, 0.3) is 0 Å². The van der Waals surface area contributed by atoms with Gasteiger partial charge >= 0.3 is 5.97 Å². The largest absolute Gasteiger partial charge is 0.466 e. The molecule has 0 radical (unpaired) electrons. The van der Waals surface area contributed by atoms with E-state index in [2.05, 4.69) is 9.97 Å². The number of Topliss-reactive ketones (excluding diaryl/α,β-unsaturated/α-hetero) is 1. The van der Waals surface area contributed by atoms with Crippen molar-refractivity contribution in [3.63, 3.8) is 0 Å². The molecule has 0 unspecified atom stereocenters. The summed E-state index contributed by atoms with van der Waals surface area (Å²) in [5.74, 6) is -0.564. The monoisotopic (exact) mass is 208 g/mol. The van der Waals surface area contributed by atoms with Crippen LogP contribution in [0.15, 0.2) is 18.6 Å². The van der Waals surface area contributed by atoms with Gasteiger partial charge in [0.2, 0.25) is 0 Å². The van der Waals surface area contributed by atoms with Crippen molar-refractivity contribution < 1.29 is 14.3 Å². The third-order valence-corrected chi connectivity index (χ3v) is 1.71. The Morgan fingerprint density at radius 3 is 2.73 bits per heavy atom. The zero-order chi connectivity index (χ0) is 11.1. The average molecular weight is 208 g/mol. The molecule has 0 saturated heterocycles. The fraction of sp³-hybridized carbons (Fsp3) is 0.400. The first kappa shape index (κ1) is 11.3. The molecule has 0 fully saturated rings. The summed E-state index contributed by atoms with van der Waals surface area (Å²) in [7, 11) is 0. The van der Waals surface area contributed by atoms with E-state index in [1.807, 2.05) is 0 Å². The number of carbonyl (C=O) groups is 2. The van der Waals surface area contributed by atoms with Crippen LogP contribution in [0.1, 0.15) is 30.3 Å². The third kappa shape index (κ3) is 3.84. The van der Waals surface area contributed by atoms with Crippen molar-refractivity contribution in [2.75, 3.05) is 6.61 Å². The van der Waals surface area contributed by atoms with Crippen molar-refractivity contribution in [3.05, 3.63) is 24.3 Å². The highest BCUT2D eigenvalue weighted by molar-refractivity contribution is 5.95. The van der Waals surface area contributed by atoms with Gasteiger partial charge in [0.1, 0.15) is 5.69 Å². The van der Waals surface area contributed by atoms with Crippen molar-refractivity contribution in [2.45, 2.75) is 19.8 Å². The van der Waals surface area contributed by atoms with E-state index in [-0.39, 0.29) is 30.3 Å². The van der Waals surface area contributed by atoms with Gasteiger partial charge in [-0.1, -0.05) is 0 Å². The van der Waals surface area contributed by atoms with Gasteiger partial charge < -0.3 is 4.74 Å². The van der Waals surface area contributed by atoms with E-state index in [0.717, 1.165) is 0 Å². The summed E-state index contributed by atoms with van der Waals surface area (Å²) >= 11 is 0. The number of aromatic nitrogens is 2. The lowest BCUT2D eigenvalue weighted by Crippen LogP contribution is -2.09. The topological polar surface area (TPSA) is 69.2 Å². The second kappa shape index (κ2) is 5.85. The number of hydrogen-bond donors (Lipinski definition) is 0. The van der Waals surface area contributed by atoms with Crippen LogP contribution in [0.3, 0.4) is 0 Å².